The van der Waals surface area contributed by atoms with Crippen LogP contribution in [-0.2, 0) is 0 Å². The number of benzene rings is 1. The number of aliphatic hydroxyl groups is 1. The van der Waals surface area contributed by atoms with Gasteiger partial charge in [-0.1, -0.05) is 18.2 Å². The van der Waals surface area contributed by atoms with Gasteiger partial charge in [0.15, 0.2) is 5.82 Å². The highest BCUT2D eigenvalue weighted by Gasteiger charge is 2.15. The van der Waals surface area contributed by atoms with Crippen molar-refractivity contribution in [2.45, 2.75) is 20.0 Å². The van der Waals surface area contributed by atoms with E-state index >= 15 is 0 Å². The van der Waals surface area contributed by atoms with Gasteiger partial charge >= 0.3 is 0 Å². The number of aromatic nitrogens is 2. The van der Waals surface area contributed by atoms with Crippen molar-refractivity contribution in [2.24, 2.45) is 0 Å². The van der Waals surface area contributed by atoms with Gasteiger partial charge in [-0.2, -0.15) is 10.4 Å². The summed E-state index contributed by atoms with van der Waals surface area (Å²) < 4.78 is 5.23. The van der Waals surface area contributed by atoms with Gasteiger partial charge in [0.05, 0.1) is 18.9 Å². The number of rotatable bonds is 5. The summed E-state index contributed by atoms with van der Waals surface area (Å²) >= 11 is 0. The van der Waals surface area contributed by atoms with E-state index in [4.69, 9.17) is 4.74 Å². The van der Waals surface area contributed by atoms with Crippen LogP contribution in [0.3, 0.4) is 0 Å². The van der Waals surface area contributed by atoms with E-state index in [2.05, 4.69) is 21.6 Å². The minimum atomic E-state index is -0.786. The normalized spacial score (nSPS) is 11.6. The fourth-order valence-electron chi connectivity index (χ4n) is 2.11. The second-order valence-electron chi connectivity index (χ2n) is 4.88. The van der Waals surface area contributed by atoms with Crippen molar-refractivity contribution in [3.63, 3.8) is 0 Å². The number of nitriles is 1. The highest BCUT2D eigenvalue weighted by molar-refractivity contribution is 5.56. The maximum absolute atomic E-state index is 10.3. The second-order valence-corrected chi connectivity index (χ2v) is 4.88. The molecule has 1 aromatic carbocycles. The predicted octanol–water partition coefficient (Wildman–Crippen LogP) is 2.12. The summed E-state index contributed by atoms with van der Waals surface area (Å²) in [5.74, 6) is 0.989. The molecule has 1 unspecified atom stereocenters. The minimum absolute atomic E-state index is 0.201. The van der Waals surface area contributed by atoms with E-state index in [0.29, 0.717) is 28.4 Å². The van der Waals surface area contributed by atoms with Crippen LogP contribution >= 0.6 is 0 Å². The molecule has 0 saturated heterocycles. The van der Waals surface area contributed by atoms with Crippen LogP contribution in [0.25, 0.3) is 0 Å². The molecule has 2 rings (SSSR count). The maximum atomic E-state index is 10.3. The summed E-state index contributed by atoms with van der Waals surface area (Å²) in [4.78, 5) is 0. The van der Waals surface area contributed by atoms with Crippen molar-refractivity contribution in [1.29, 1.82) is 5.26 Å². The first-order valence-corrected chi connectivity index (χ1v) is 6.87. The SMILES string of the molecule is COc1ccccc1C(O)CNc1nnc(C)c(C)c1C#N. The van der Waals surface area contributed by atoms with Gasteiger partial charge in [-0.15, -0.1) is 5.10 Å². The Morgan fingerprint density at radius 2 is 2.05 bits per heavy atom. The molecule has 6 nitrogen and oxygen atoms in total. The predicted molar refractivity (Wildman–Crippen MR) is 82.7 cm³/mol. The molecule has 0 amide bonds. The first-order chi connectivity index (χ1) is 10.6. The summed E-state index contributed by atoms with van der Waals surface area (Å²) in [6.07, 6.45) is -0.786. The third-order valence-electron chi connectivity index (χ3n) is 3.53. The molecule has 0 aliphatic heterocycles. The zero-order valence-electron chi connectivity index (χ0n) is 12.8. The molecule has 0 bridgehead atoms. The summed E-state index contributed by atoms with van der Waals surface area (Å²) in [5.41, 5.74) is 2.62. The quantitative estimate of drug-likeness (QED) is 0.878. The largest absolute Gasteiger partial charge is 0.496 e. The van der Waals surface area contributed by atoms with E-state index in [1.165, 1.54) is 0 Å². The van der Waals surface area contributed by atoms with Gasteiger partial charge in [0.25, 0.3) is 0 Å². The number of anilines is 1. The van der Waals surface area contributed by atoms with E-state index in [0.717, 1.165) is 5.56 Å². The van der Waals surface area contributed by atoms with Gasteiger partial charge in [0, 0.05) is 12.1 Å². The van der Waals surface area contributed by atoms with Crippen molar-refractivity contribution in [1.82, 2.24) is 10.2 Å². The summed E-state index contributed by atoms with van der Waals surface area (Å²) in [6.45, 7) is 3.83. The fourth-order valence-corrected chi connectivity index (χ4v) is 2.11. The van der Waals surface area contributed by atoms with Crippen LogP contribution in [0, 0.1) is 25.2 Å². The Kier molecular flexibility index (Phi) is 4.92. The minimum Gasteiger partial charge on any atom is -0.496 e. The average molecular weight is 298 g/mol. The number of aryl methyl sites for hydroxylation is 1. The molecular weight excluding hydrogens is 280 g/mol. The molecule has 6 heteroatoms. The van der Waals surface area contributed by atoms with E-state index in [1.54, 1.807) is 26.2 Å². The Morgan fingerprint density at radius 1 is 1.32 bits per heavy atom. The monoisotopic (exact) mass is 298 g/mol. The van der Waals surface area contributed by atoms with Crippen LogP contribution < -0.4 is 10.1 Å². The molecule has 0 aliphatic carbocycles. The zero-order chi connectivity index (χ0) is 16.1. The Hall–Kier alpha value is -2.65. The van der Waals surface area contributed by atoms with Crippen molar-refractivity contribution in [3.05, 3.63) is 46.6 Å². The van der Waals surface area contributed by atoms with Crippen LogP contribution in [0.2, 0.25) is 0 Å². The first kappa shape index (κ1) is 15.7. The summed E-state index contributed by atoms with van der Waals surface area (Å²) in [6, 6.07) is 9.37. The standard InChI is InChI=1S/C16H18N4O2/c1-10-11(2)19-20-16(13(10)8-17)18-9-14(21)12-6-4-5-7-15(12)22-3/h4-7,14,21H,9H2,1-3H3,(H,18,20). The van der Waals surface area contributed by atoms with E-state index in [9.17, 15) is 10.4 Å². The number of para-hydroxylation sites is 1. The molecule has 0 radical (unpaired) electrons. The van der Waals surface area contributed by atoms with Crippen LogP contribution in [0.5, 0.6) is 5.75 Å². The highest BCUT2D eigenvalue weighted by Crippen LogP contribution is 2.25. The van der Waals surface area contributed by atoms with Gasteiger partial charge in [0.1, 0.15) is 17.4 Å². The molecule has 22 heavy (non-hydrogen) atoms. The van der Waals surface area contributed by atoms with Crippen molar-refractivity contribution in [2.75, 3.05) is 19.0 Å². The first-order valence-electron chi connectivity index (χ1n) is 6.87. The summed E-state index contributed by atoms with van der Waals surface area (Å²) in [7, 11) is 1.56. The Balaban J connectivity index is 2.17. The number of ether oxygens (including phenoxy) is 1. The lowest BCUT2D eigenvalue weighted by Gasteiger charge is -2.16. The number of methoxy groups -OCH3 is 1. The van der Waals surface area contributed by atoms with Crippen LogP contribution in [0.4, 0.5) is 5.82 Å². The lowest BCUT2D eigenvalue weighted by Crippen LogP contribution is -2.15. The Morgan fingerprint density at radius 3 is 2.73 bits per heavy atom. The number of hydrogen-bond acceptors (Lipinski definition) is 6. The maximum Gasteiger partial charge on any atom is 0.167 e. The van der Waals surface area contributed by atoms with Crippen LogP contribution in [-0.4, -0.2) is 29.0 Å². The average Bonchev–Trinajstić information content (AvgIpc) is 2.55. The molecule has 0 spiro atoms. The smallest absolute Gasteiger partial charge is 0.167 e. The molecule has 2 aromatic rings. The molecule has 1 aromatic heterocycles. The second kappa shape index (κ2) is 6.87. The molecule has 114 valence electrons. The van der Waals surface area contributed by atoms with Gasteiger partial charge < -0.3 is 15.2 Å². The number of nitrogens with zero attached hydrogens (tertiary/aromatic N) is 3. The Labute approximate surface area is 129 Å². The van der Waals surface area contributed by atoms with Gasteiger partial charge in [-0.05, 0) is 25.5 Å². The van der Waals surface area contributed by atoms with E-state index in [-0.39, 0.29) is 6.54 Å². The van der Waals surface area contributed by atoms with Gasteiger partial charge in [-0.3, -0.25) is 0 Å². The summed E-state index contributed by atoms with van der Waals surface area (Å²) in [5, 5.41) is 30.5. The molecule has 1 heterocycles. The highest BCUT2D eigenvalue weighted by atomic mass is 16.5. The van der Waals surface area contributed by atoms with Gasteiger partial charge in [-0.25, -0.2) is 0 Å². The molecule has 1 atom stereocenters. The van der Waals surface area contributed by atoms with Crippen molar-refractivity contribution < 1.29 is 9.84 Å². The number of hydrogen-bond donors (Lipinski definition) is 2. The fraction of sp³-hybridized carbons (Fsp3) is 0.312. The van der Waals surface area contributed by atoms with E-state index in [1.807, 2.05) is 19.1 Å². The lowest BCUT2D eigenvalue weighted by molar-refractivity contribution is 0.186. The number of nitrogens with one attached hydrogen (secondary N) is 1. The third-order valence-corrected chi connectivity index (χ3v) is 3.53. The topological polar surface area (TPSA) is 91.1 Å². The zero-order valence-corrected chi connectivity index (χ0v) is 12.8. The van der Waals surface area contributed by atoms with Crippen molar-refractivity contribution in [3.8, 4) is 11.8 Å². The number of aliphatic hydroxyl groups excluding tert-OH is 1. The van der Waals surface area contributed by atoms with Gasteiger partial charge in [0.2, 0.25) is 0 Å². The molecular formula is C16H18N4O2. The Bertz CT molecular complexity index is 710. The molecule has 0 fully saturated rings. The lowest BCUT2D eigenvalue weighted by atomic mass is 10.1. The van der Waals surface area contributed by atoms with Crippen LogP contribution in [0.1, 0.15) is 28.5 Å². The van der Waals surface area contributed by atoms with E-state index < -0.39 is 6.10 Å². The molecule has 2 N–H and O–H groups in total. The van der Waals surface area contributed by atoms with Crippen molar-refractivity contribution >= 4 is 5.82 Å². The molecule has 0 saturated carbocycles. The molecule has 0 aliphatic rings. The van der Waals surface area contributed by atoms with Crippen LogP contribution in [0.15, 0.2) is 24.3 Å². The third kappa shape index (κ3) is 3.15.